The summed E-state index contributed by atoms with van der Waals surface area (Å²) in [5.74, 6) is 1.08. The molecule has 2 atom stereocenters. The molecule has 0 bridgehead atoms. The molecule has 0 saturated carbocycles. The highest BCUT2D eigenvalue weighted by Crippen LogP contribution is 2.37. The molecule has 43 heavy (non-hydrogen) atoms. The summed E-state index contributed by atoms with van der Waals surface area (Å²) in [5, 5.41) is 2.17. The number of aliphatic imine (C=N–C) groups is 2. The number of nitrogens with zero attached hydrogens (tertiary/aromatic N) is 4. The van der Waals surface area contributed by atoms with Crippen LogP contribution in [0.5, 0.6) is 0 Å². The van der Waals surface area contributed by atoms with E-state index in [9.17, 15) is 0 Å². The summed E-state index contributed by atoms with van der Waals surface area (Å²) >= 11 is 0. The third-order valence-corrected chi connectivity index (χ3v) is 7.81. The van der Waals surface area contributed by atoms with Crippen LogP contribution in [-0.2, 0) is 9.47 Å². The van der Waals surface area contributed by atoms with Gasteiger partial charge in [-0.1, -0.05) is 97.1 Å². The van der Waals surface area contributed by atoms with Gasteiger partial charge in [0.15, 0.2) is 0 Å². The Morgan fingerprint density at radius 2 is 1.40 bits per heavy atom. The molecule has 0 amide bonds. The lowest BCUT2D eigenvalue weighted by Gasteiger charge is -2.18. The molecule has 210 valence electrons. The first-order valence-corrected chi connectivity index (χ1v) is 14.4. The van der Waals surface area contributed by atoms with Crippen LogP contribution in [-0.4, -0.2) is 35.5 Å². The maximum Gasteiger partial charge on any atom is 0.236 e. The fraction of sp³-hybridized carbons (Fsp3) is 0.135. The van der Waals surface area contributed by atoms with Crippen molar-refractivity contribution in [3.63, 3.8) is 0 Å². The van der Waals surface area contributed by atoms with Crippen molar-refractivity contribution in [2.45, 2.75) is 19.0 Å². The molecule has 6 nitrogen and oxygen atoms in total. The molecule has 0 N–H and O–H groups in total. The highest BCUT2D eigenvalue weighted by molar-refractivity contribution is 5.96. The Labute approximate surface area is 250 Å². The molecule has 6 heteroatoms. The standard InChI is InChI=1S/C37H30N4O2/c1-24(38-36(42-2)33-21-19-25-11-3-9-17-31(25)39-33)27-13-5-6-14-28(27)29-15-7-8-16-30(29)35-23-43-37(41-35)34-22-20-26-12-4-10-18-32(26)40-34/h3-22,24,35H,23H2,1-2H3/t24-,35-/m1/s1. The summed E-state index contributed by atoms with van der Waals surface area (Å²) in [5.41, 5.74) is 7.68. The molecule has 3 heterocycles. The molecule has 2 aromatic heterocycles. The van der Waals surface area contributed by atoms with Crippen LogP contribution in [0.2, 0.25) is 0 Å². The van der Waals surface area contributed by atoms with E-state index in [0.717, 1.165) is 49.8 Å². The first kappa shape index (κ1) is 26.5. The first-order chi connectivity index (χ1) is 21.2. The monoisotopic (exact) mass is 562 g/mol. The van der Waals surface area contributed by atoms with E-state index in [1.165, 1.54) is 0 Å². The second kappa shape index (κ2) is 11.5. The van der Waals surface area contributed by atoms with Crippen molar-refractivity contribution < 1.29 is 9.47 Å². The van der Waals surface area contributed by atoms with Crippen LogP contribution in [0.3, 0.4) is 0 Å². The Kier molecular flexibility index (Phi) is 7.09. The van der Waals surface area contributed by atoms with Gasteiger partial charge in [0.05, 0.1) is 24.2 Å². The Bertz CT molecular complexity index is 2020. The van der Waals surface area contributed by atoms with Gasteiger partial charge in [-0.25, -0.2) is 20.0 Å². The molecule has 0 aliphatic carbocycles. The normalized spacial score (nSPS) is 15.7. The molecular weight excluding hydrogens is 532 g/mol. The Morgan fingerprint density at radius 3 is 2.19 bits per heavy atom. The lowest BCUT2D eigenvalue weighted by atomic mass is 9.90. The van der Waals surface area contributed by atoms with Crippen LogP contribution in [0.25, 0.3) is 32.9 Å². The molecule has 1 aliphatic heterocycles. The van der Waals surface area contributed by atoms with Gasteiger partial charge in [0, 0.05) is 10.8 Å². The molecule has 1 aliphatic rings. The largest absolute Gasteiger partial charge is 0.480 e. The zero-order valence-electron chi connectivity index (χ0n) is 24.0. The van der Waals surface area contributed by atoms with E-state index in [4.69, 9.17) is 29.4 Å². The summed E-state index contributed by atoms with van der Waals surface area (Å²) in [6.45, 7) is 2.54. The SMILES string of the molecule is COC(=N[C@H](C)c1ccccc1-c1ccccc1[C@H]1COC(c2ccc3ccccc3n2)=N1)c1ccc2ccccc2n1. The predicted octanol–water partition coefficient (Wildman–Crippen LogP) is 8.12. The molecule has 0 radical (unpaired) electrons. The predicted molar refractivity (Wildman–Crippen MR) is 173 cm³/mol. The van der Waals surface area contributed by atoms with E-state index < -0.39 is 0 Å². The minimum atomic E-state index is -0.187. The van der Waals surface area contributed by atoms with Gasteiger partial charge in [-0.15, -0.1) is 0 Å². The number of fused-ring (bicyclic) bond motifs is 2. The molecule has 6 aromatic rings. The molecular formula is C37H30N4O2. The number of ether oxygens (including phenoxy) is 2. The first-order valence-electron chi connectivity index (χ1n) is 14.4. The van der Waals surface area contributed by atoms with Crippen LogP contribution < -0.4 is 0 Å². The zero-order valence-corrected chi connectivity index (χ0v) is 24.0. The van der Waals surface area contributed by atoms with E-state index in [2.05, 4.69) is 67.6 Å². The van der Waals surface area contributed by atoms with E-state index in [1.807, 2.05) is 60.7 Å². The molecule has 0 spiro atoms. The number of pyridine rings is 2. The smallest absolute Gasteiger partial charge is 0.236 e. The van der Waals surface area contributed by atoms with Crippen LogP contribution in [0, 0.1) is 0 Å². The highest BCUT2D eigenvalue weighted by atomic mass is 16.5. The van der Waals surface area contributed by atoms with Crippen molar-refractivity contribution in [1.82, 2.24) is 9.97 Å². The molecule has 0 saturated heterocycles. The van der Waals surface area contributed by atoms with Crippen LogP contribution in [0.1, 0.15) is 41.5 Å². The van der Waals surface area contributed by atoms with Crippen LogP contribution >= 0.6 is 0 Å². The quantitative estimate of drug-likeness (QED) is 0.152. The van der Waals surface area contributed by atoms with Gasteiger partial charge in [0.1, 0.15) is 24.0 Å². The summed E-state index contributed by atoms with van der Waals surface area (Å²) < 4.78 is 11.9. The van der Waals surface area contributed by atoms with E-state index in [-0.39, 0.29) is 12.1 Å². The Hall–Kier alpha value is -5.36. The molecule has 0 fully saturated rings. The second-order valence-corrected chi connectivity index (χ2v) is 10.5. The maximum absolute atomic E-state index is 6.11. The van der Waals surface area contributed by atoms with Crippen LogP contribution in [0.15, 0.2) is 131 Å². The zero-order chi connectivity index (χ0) is 29.2. The molecule has 0 unspecified atom stereocenters. The maximum atomic E-state index is 6.11. The fourth-order valence-corrected chi connectivity index (χ4v) is 5.65. The Morgan fingerprint density at radius 1 is 0.744 bits per heavy atom. The highest BCUT2D eigenvalue weighted by Gasteiger charge is 2.26. The van der Waals surface area contributed by atoms with Crippen molar-refractivity contribution in [3.8, 4) is 11.1 Å². The van der Waals surface area contributed by atoms with E-state index in [1.54, 1.807) is 7.11 Å². The van der Waals surface area contributed by atoms with E-state index in [0.29, 0.717) is 24.1 Å². The molecule has 7 rings (SSSR count). The third kappa shape index (κ3) is 5.24. The average molecular weight is 563 g/mol. The number of hydrogen-bond donors (Lipinski definition) is 0. The number of aromatic nitrogens is 2. The van der Waals surface area contributed by atoms with Crippen molar-refractivity contribution in [2.75, 3.05) is 13.7 Å². The van der Waals surface area contributed by atoms with Gasteiger partial charge in [0.2, 0.25) is 11.8 Å². The lowest BCUT2D eigenvalue weighted by molar-refractivity contribution is 0.319. The molecule has 4 aromatic carbocycles. The summed E-state index contributed by atoms with van der Waals surface area (Å²) in [6, 6.07) is 40.6. The number of para-hydroxylation sites is 2. The van der Waals surface area contributed by atoms with Crippen LogP contribution in [0.4, 0.5) is 0 Å². The van der Waals surface area contributed by atoms with Gasteiger partial charge in [0.25, 0.3) is 0 Å². The van der Waals surface area contributed by atoms with Crippen molar-refractivity contribution in [2.24, 2.45) is 9.98 Å². The summed E-state index contributed by atoms with van der Waals surface area (Å²) in [7, 11) is 1.64. The lowest BCUT2D eigenvalue weighted by Crippen LogP contribution is -2.09. The summed E-state index contributed by atoms with van der Waals surface area (Å²) in [6.07, 6.45) is 0. The fourth-order valence-electron chi connectivity index (χ4n) is 5.65. The number of hydrogen-bond acceptors (Lipinski definition) is 6. The summed E-state index contributed by atoms with van der Waals surface area (Å²) in [4.78, 5) is 19.6. The van der Waals surface area contributed by atoms with Crippen molar-refractivity contribution in [1.29, 1.82) is 0 Å². The van der Waals surface area contributed by atoms with Gasteiger partial charge in [-0.2, -0.15) is 0 Å². The third-order valence-electron chi connectivity index (χ3n) is 7.81. The minimum Gasteiger partial charge on any atom is -0.480 e. The van der Waals surface area contributed by atoms with E-state index >= 15 is 0 Å². The minimum absolute atomic E-state index is 0.150. The van der Waals surface area contributed by atoms with Gasteiger partial charge < -0.3 is 9.47 Å². The number of benzene rings is 4. The number of rotatable bonds is 6. The van der Waals surface area contributed by atoms with Gasteiger partial charge >= 0.3 is 0 Å². The van der Waals surface area contributed by atoms with Crippen molar-refractivity contribution in [3.05, 3.63) is 144 Å². The average Bonchev–Trinajstić information content (AvgIpc) is 3.57. The van der Waals surface area contributed by atoms with Crippen molar-refractivity contribution >= 4 is 33.6 Å². The van der Waals surface area contributed by atoms with Gasteiger partial charge in [-0.3, -0.25) is 0 Å². The second-order valence-electron chi connectivity index (χ2n) is 10.5. The number of methoxy groups -OCH3 is 1. The van der Waals surface area contributed by atoms with Gasteiger partial charge in [-0.05, 0) is 53.4 Å². The topological polar surface area (TPSA) is 69.0 Å². The Balaban J connectivity index is 1.22.